The third-order valence-electron chi connectivity index (χ3n) is 10.4. The van der Waals surface area contributed by atoms with Crippen molar-refractivity contribution < 1.29 is 18.7 Å². The molecule has 0 spiro atoms. The Kier molecular flexibility index (Phi) is 5.42. The van der Waals surface area contributed by atoms with E-state index in [4.69, 9.17) is 14.2 Å². The average molecular weight is 629 g/mol. The smallest absolute Gasteiger partial charge is 0.457 e. The zero-order valence-electron chi connectivity index (χ0n) is 26.6. The lowest BCUT2D eigenvalue weighted by molar-refractivity contribution is -0.533. The third-order valence-corrected chi connectivity index (χ3v) is 10.4. The van der Waals surface area contributed by atoms with Gasteiger partial charge in [-0.2, -0.15) is 4.57 Å². The topological polar surface area (TPSA) is 36.5 Å². The standard InChI is InChI=1S/C42H27B2N2O3/c1-26-13-12-15-28-27-14-2-7-20-33(27)45(41(26)28)39-25-38-40-42(46(39)44-31-18-5-10-23-36(31)47-37-24-11-6-19-32(37)44)49-35-22-9-4-17-30(35)43(40)29-16-3-8-21-34(29)48-38/h2-25H,1H3/q+1. The third kappa shape index (κ3) is 3.64. The number of fused-ring (bicyclic) bond motifs is 9. The molecule has 8 aromatic rings. The van der Waals surface area contributed by atoms with Crippen molar-refractivity contribution in [3.8, 4) is 40.4 Å². The number of aryl methyl sites for hydroxylation is 1. The molecule has 0 unspecified atom stereocenters. The highest BCUT2D eigenvalue weighted by atomic mass is 16.5. The quantitative estimate of drug-likeness (QED) is 0.225. The number of pyridine rings is 1. The second-order valence-electron chi connectivity index (χ2n) is 13.1. The van der Waals surface area contributed by atoms with Crippen molar-refractivity contribution in [1.82, 2.24) is 4.57 Å². The molecular formula is C42H27B2N2O3+. The fourth-order valence-electron chi connectivity index (χ4n) is 8.40. The molecule has 0 saturated heterocycles. The number of para-hydroxylation sites is 6. The Morgan fingerprint density at radius 3 is 1.73 bits per heavy atom. The van der Waals surface area contributed by atoms with Gasteiger partial charge in [-0.3, -0.25) is 4.48 Å². The van der Waals surface area contributed by atoms with E-state index in [0.717, 1.165) is 78.8 Å². The van der Waals surface area contributed by atoms with Crippen molar-refractivity contribution in [2.75, 3.05) is 0 Å². The largest absolute Gasteiger partial charge is 0.458 e. The zero-order valence-corrected chi connectivity index (χ0v) is 26.6. The number of rotatable bonds is 2. The van der Waals surface area contributed by atoms with E-state index in [9.17, 15) is 0 Å². The first-order valence-electron chi connectivity index (χ1n) is 16.8. The molecule has 49 heavy (non-hydrogen) atoms. The first-order valence-corrected chi connectivity index (χ1v) is 16.8. The van der Waals surface area contributed by atoms with Gasteiger partial charge in [0, 0.05) is 21.7 Å². The van der Waals surface area contributed by atoms with Gasteiger partial charge in [-0.1, -0.05) is 97.1 Å². The Bertz CT molecular complexity index is 2640. The second-order valence-corrected chi connectivity index (χ2v) is 13.1. The molecule has 5 heterocycles. The van der Waals surface area contributed by atoms with Gasteiger partial charge in [0.25, 0.3) is 18.4 Å². The van der Waals surface area contributed by atoms with Crippen LogP contribution < -0.4 is 46.0 Å². The van der Waals surface area contributed by atoms with Crippen LogP contribution in [0, 0.1) is 6.92 Å². The summed E-state index contributed by atoms with van der Waals surface area (Å²) in [6.07, 6.45) is 0. The van der Waals surface area contributed by atoms with Crippen LogP contribution in [0.3, 0.4) is 0 Å². The minimum absolute atomic E-state index is 0.0644. The van der Waals surface area contributed by atoms with Crippen LogP contribution in [-0.2, 0) is 0 Å². The van der Waals surface area contributed by atoms with Crippen LogP contribution in [0.2, 0.25) is 0 Å². The van der Waals surface area contributed by atoms with E-state index in [0.29, 0.717) is 0 Å². The van der Waals surface area contributed by atoms with Gasteiger partial charge in [-0.05, 0) is 65.9 Å². The minimum atomic E-state index is -0.264. The number of hydrogen-bond donors (Lipinski definition) is 0. The highest BCUT2D eigenvalue weighted by Gasteiger charge is 2.49. The zero-order chi connectivity index (χ0) is 32.2. The predicted molar refractivity (Wildman–Crippen MR) is 197 cm³/mol. The molecule has 0 bridgehead atoms. The van der Waals surface area contributed by atoms with Gasteiger partial charge < -0.3 is 14.2 Å². The van der Waals surface area contributed by atoms with Gasteiger partial charge in [-0.15, -0.1) is 0 Å². The number of benzene rings is 6. The first-order chi connectivity index (χ1) is 24.2. The highest BCUT2D eigenvalue weighted by molar-refractivity contribution is 6.98. The first kappa shape index (κ1) is 26.8. The van der Waals surface area contributed by atoms with Crippen LogP contribution >= 0.6 is 0 Å². The molecular weight excluding hydrogens is 602 g/mol. The summed E-state index contributed by atoms with van der Waals surface area (Å²) in [5.41, 5.74) is 8.88. The summed E-state index contributed by atoms with van der Waals surface area (Å²) in [5.74, 6) is 5.90. The SMILES string of the molecule is Cc1cccc2c3ccccc3n(-c3cc4c5c([n+]3B3c6ccccc6Oc6ccccc63)Oc3ccccc3B5c3ccccc3O4)c12. The lowest BCUT2D eigenvalue weighted by Crippen LogP contribution is -2.72. The minimum Gasteiger partial charge on any atom is -0.458 e. The number of aromatic nitrogens is 2. The summed E-state index contributed by atoms with van der Waals surface area (Å²) < 4.78 is 25.4. The van der Waals surface area contributed by atoms with E-state index < -0.39 is 0 Å². The van der Waals surface area contributed by atoms with Crippen molar-refractivity contribution >= 4 is 62.7 Å². The Morgan fingerprint density at radius 2 is 1.04 bits per heavy atom. The van der Waals surface area contributed by atoms with E-state index in [1.807, 2.05) is 18.2 Å². The van der Waals surface area contributed by atoms with Crippen molar-refractivity contribution in [1.29, 1.82) is 0 Å². The molecule has 3 aliphatic rings. The van der Waals surface area contributed by atoms with Gasteiger partial charge in [0.15, 0.2) is 0 Å². The Morgan fingerprint density at radius 1 is 0.510 bits per heavy atom. The number of hydrogen-bond acceptors (Lipinski definition) is 3. The molecule has 3 aliphatic heterocycles. The van der Waals surface area contributed by atoms with Crippen molar-refractivity contribution in [2.24, 2.45) is 0 Å². The van der Waals surface area contributed by atoms with Crippen LogP contribution in [0.5, 0.6) is 34.6 Å². The highest BCUT2D eigenvalue weighted by Crippen LogP contribution is 2.38. The molecule has 0 fully saturated rings. The van der Waals surface area contributed by atoms with E-state index in [2.05, 4.69) is 143 Å². The van der Waals surface area contributed by atoms with Gasteiger partial charge in [0.2, 0.25) is 0 Å². The monoisotopic (exact) mass is 629 g/mol. The van der Waals surface area contributed by atoms with Crippen molar-refractivity contribution in [3.05, 3.63) is 151 Å². The van der Waals surface area contributed by atoms with Crippen LogP contribution in [-0.4, -0.2) is 18.1 Å². The molecule has 228 valence electrons. The maximum absolute atomic E-state index is 7.18. The molecule has 0 aliphatic carbocycles. The summed E-state index contributed by atoms with van der Waals surface area (Å²) >= 11 is 0. The van der Waals surface area contributed by atoms with E-state index in [1.165, 1.54) is 16.3 Å². The molecule has 0 saturated carbocycles. The van der Waals surface area contributed by atoms with Gasteiger partial charge >= 0.3 is 6.85 Å². The molecule has 6 aromatic carbocycles. The Labute approximate surface area is 283 Å². The number of ether oxygens (including phenoxy) is 3. The van der Waals surface area contributed by atoms with E-state index >= 15 is 0 Å². The maximum atomic E-state index is 7.18. The molecule has 2 aromatic heterocycles. The summed E-state index contributed by atoms with van der Waals surface area (Å²) in [5, 5.41) is 2.40. The van der Waals surface area contributed by atoms with Crippen LogP contribution in [0.15, 0.2) is 146 Å². The van der Waals surface area contributed by atoms with E-state index in [1.54, 1.807) is 0 Å². The fraction of sp³-hybridized carbons (Fsp3) is 0.0238. The molecule has 0 amide bonds. The van der Waals surface area contributed by atoms with Crippen LogP contribution in [0.4, 0.5) is 0 Å². The predicted octanol–water partition coefficient (Wildman–Crippen LogP) is 5.87. The Hall–Kier alpha value is -6.20. The number of nitrogens with zero attached hydrogens (tertiary/aromatic N) is 2. The molecule has 0 N–H and O–H groups in total. The summed E-state index contributed by atoms with van der Waals surface area (Å²) in [6.45, 7) is 1.86. The van der Waals surface area contributed by atoms with E-state index in [-0.39, 0.29) is 13.6 Å². The van der Waals surface area contributed by atoms with Crippen LogP contribution in [0.1, 0.15) is 5.56 Å². The van der Waals surface area contributed by atoms with Gasteiger partial charge in [0.05, 0.1) is 11.5 Å². The van der Waals surface area contributed by atoms with Crippen molar-refractivity contribution in [2.45, 2.75) is 6.92 Å². The van der Waals surface area contributed by atoms with Gasteiger partial charge in [0.1, 0.15) is 39.8 Å². The molecule has 11 rings (SSSR count). The van der Waals surface area contributed by atoms with Crippen LogP contribution in [0.25, 0.3) is 27.6 Å². The van der Waals surface area contributed by atoms with Crippen molar-refractivity contribution in [3.63, 3.8) is 0 Å². The molecule has 0 atom stereocenters. The summed E-state index contributed by atoms with van der Waals surface area (Å²) in [4.78, 5) is 0. The molecule has 7 heteroatoms. The summed E-state index contributed by atoms with van der Waals surface area (Å²) in [6, 6.07) is 51.0. The second kappa shape index (κ2) is 9.91. The fourth-order valence-corrected chi connectivity index (χ4v) is 8.40. The summed E-state index contributed by atoms with van der Waals surface area (Å²) in [7, 11) is 0. The molecule has 5 nitrogen and oxygen atoms in total. The lowest BCUT2D eigenvalue weighted by Gasteiger charge is -2.34. The van der Waals surface area contributed by atoms with Gasteiger partial charge in [-0.25, -0.2) is 0 Å². The average Bonchev–Trinajstić information content (AvgIpc) is 3.49. The normalized spacial score (nSPS) is 13.4. The Balaban J connectivity index is 1.34. The molecule has 0 radical (unpaired) electrons. The maximum Gasteiger partial charge on any atom is 0.457 e. The lowest BCUT2D eigenvalue weighted by atomic mass is 9.35.